The summed E-state index contributed by atoms with van der Waals surface area (Å²) in [6.45, 7) is 5.29. The van der Waals surface area contributed by atoms with Crippen LogP contribution in [0.2, 0.25) is 0 Å². The lowest BCUT2D eigenvalue weighted by atomic mass is 9.98. The number of hydrogen-bond donors (Lipinski definition) is 1. The van der Waals surface area contributed by atoms with Crippen molar-refractivity contribution in [1.82, 2.24) is 9.96 Å². The van der Waals surface area contributed by atoms with Gasteiger partial charge in [-0.2, -0.15) is 0 Å². The molecule has 0 radical (unpaired) electrons. The van der Waals surface area contributed by atoms with Crippen LogP contribution in [0.1, 0.15) is 26.3 Å². The highest BCUT2D eigenvalue weighted by Crippen LogP contribution is 2.21. The smallest absolute Gasteiger partial charge is 0.408 e. The molecular formula is C16H24N2O4. The summed E-state index contributed by atoms with van der Waals surface area (Å²) < 4.78 is 0. The van der Waals surface area contributed by atoms with Gasteiger partial charge in [-0.1, -0.05) is 30.3 Å². The van der Waals surface area contributed by atoms with Crippen LogP contribution in [0, 0.1) is 0 Å². The highest BCUT2D eigenvalue weighted by Gasteiger charge is 2.38. The number of carbonyl (C=O) groups excluding carboxylic acids is 1. The molecule has 0 heterocycles. The van der Waals surface area contributed by atoms with Crippen molar-refractivity contribution in [2.24, 2.45) is 0 Å². The van der Waals surface area contributed by atoms with Crippen LogP contribution in [0.3, 0.4) is 0 Å². The van der Waals surface area contributed by atoms with Crippen molar-refractivity contribution in [3.8, 4) is 0 Å². The molecule has 0 bridgehead atoms. The van der Waals surface area contributed by atoms with Gasteiger partial charge >= 0.3 is 6.09 Å². The molecule has 6 heteroatoms. The topological polar surface area (TPSA) is 70.1 Å². The van der Waals surface area contributed by atoms with Crippen molar-refractivity contribution in [3.63, 3.8) is 0 Å². The average molecular weight is 308 g/mol. The molecule has 0 aromatic heterocycles. The fourth-order valence-electron chi connectivity index (χ4n) is 2.31. The van der Waals surface area contributed by atoms with Gasteiger partial charge in [-0.05, 0) is 26.3 Å². The second-order valence-corrected chi connectivity index (χ2v) is 6.05. The third-order valence-electron chi connectivity index (χ3n) is 3.38. The second kappa shape index (κ2) is 7.26. The van der Waals surface area contributed by atoms with Crippen LogP contribution in [0.5, 0.6) is 0 Å². The van der Waals surface area contributed by atoms with Crippen LogP contribution in [0.15, 0.2) is 30.3 Å². The molecule has 1 aromatic rings. The Balaban J connectivity index is 3.20. The van der Waals surface area contributed by atoms with Gasteiger partial charge in [0.05, 0.1) is 7.11 Å². The van der Waals surface area contributed by atoms with E-state index in [1.165, 1.54) is 19.1 Å². The van der Waals surface area contributed by atoms with Crippen molar-refractivity contribution in [1.29, 1.82) is 0 Å². The van der Waals surface area contributed by atoms with E-state index in [1.807, 2.05) is 30.3 Å². The Hall–Kier alpha value is -2.08. The minimum absolute atomic E-state index is 0.289. The molecule has 0 aliphatic rings. The van der Waals surface area contributed by atoms with Gasteiger partial charge < -0.3 is 5.11 Å². The van der Waals surface area contributed by atoms with Crippen LogP contribution in [0.4, 0.5) is 4.79 Å². The zero-order chi connectivity index (χ0) is 16.9. The summed E-state index contributed by atoms with van der Waals surface area (Å²) in [6.07, 6.45) is -0.844. The van der Waals surface area contributed by atoms with Gasteiger partial charge in [0.25, 0.3) is 5.91 Å². The Morgan fingerprint density at radius 3 is 2.18 bits per heavy atom. The number of carbonyl (C=O) groups is 2. The predicted octanol–water partition coefficient (Wildman–Crippen LogP) is 2.40. The maximum Gasteiger partial charge on any atom is 0.408 e. The van der Waals surface area contributed by atoms with Crippen LogP contribution >= 0.6 is 0 Å². The standard InChI is InChI=1S/C16H24N2O4/c1-16(2,3)18(15(20)21)13(14(19)17(4)22-5)11-12-9-7-6-8-10-12/h6-10,13H,11H2,1-5H3,(H,20,21). The van der Waals surface area contributed by atoms with E-state index < -0.39 is 23.6 Å². The van der Waals surface area contributed by atoms with Crippen molar-refractivity contribution in [2.45, 2.75) is 38.8 Å². The zero-order valence-electron chi connectivity index (χ0n) is 13.7. The summed E-state index contributed by atoms with van der Waals surface area (Å²) in [7, 11) is 2.85. The van der Waals surface area contributed by atoms with Crippen molar-refractivity contribution >= 4 is 12.0 Å². The number of hydrogen-bond acceptors (Lipinski definition) is 3. The molecule has 1 unspecified atom stereocenters. The number of rotatable bonds is 5. The van der Waals surface area contributed by atoms with E-state index >= 15 is 0 Å². The third-order valence-corrected chi connectivity index (χ3v) is 3.38. The van der Waals surface area contributed by atoms with Gasteiger partial charge in [-0.15, -0.1) is 0 Å². The highest BCUT2D eigenvalue weighted by atomic mass is 16.7. The summed E-state index contributed by atoms with van der Waals surface area (Å²) in [5.41, 5.74) is 0.177. The molecule has 2 amide bonds. The zero-order valence-corrected chi connectivity index (χ0v) is 13.7. The summed E-state index contributed by atoms with van der Waals surface area (Å²) >= 11 is 0. The minimum Gasteiger partial charge on any atom is -0.465 e. The number of amides is 2. The fraction of sp³-hybridized carbons (Fsp3) is 0.500. The third kappa shape index (κ3) is 4.46. The summed E-state index contributed by atoms with van der Waals surface area (Å²) in [4.78, 5) is 30.4. The molecule has 0 saturated heterocycles. The lowest BCUT2D eigenvalue weighted by Crippen LogP contribution is -2.57. The lowest BCUT2D eigenvalue weighted by Gasteiger charge is -2.39. The molecule has 1 aromatic carbocycles. The molecule has 1 N–H and O–H groups in total. The Labute approximate surface area is 131 Å². The number of benzene rings is 1. The van der Waals surface area contributed by atoms with Crippen molar-refractivity contribution < 1.29 is 19.5 Å². The first-order chi connectivity index (χ1) is 10.2. The normalized spacial score (nSPS) is 12.6. The lowest BCUT2D eigenvalue weighted by molar-refractivity contribution is -0.175. The molecule has 22 heavy (non-hydrogen) atoms. The Bertz CT molecular complexity index is 511. The van der Waals surface area contributed by atoms with Gasteiger partial charge in [0.1, 0.15) is 6.04 Å². The van der Waals surface area contributed by atoms with E-state index in [2.05, 4.69) is 0 Å². The molecule has 0 fully saturated rings. The molecule has 6 nitrogen and oxygen atoms in total. The van der Waals surface area contributed by atoms with Gasteiger partial charge in [0, 0.05) is 19.0 Å². The monoisotopic (exact) mass is 308 g/mol. The van der Waals surface area contributed by atoms with Crippen LogP contribution in [-0.2, 0) is 16.1 Å². The number of carboxylic acid groups (broad SMARTS) is 1. The van der Waals surface area contributed by atoms with E-state index in [0.29, 0.717) is 0 Å². The van der Waals surface area contributed by atoms with E-state index in [4.69, 9.17) is 4.84 Å². The molecule has 0 aliphatic carbocycles. The molecule has 0 spiro atoms. The quantitative estimate of drug-likeness (QED) is 0.848. The first-order valence-corrected chi connectivity index (χ1v) is 7.06. The Kier molecular flexibility index (Phi) is 5.93. The van der Waals surface area contributed by atoms with Gasteiger partial charge in [-0.25, -0.2) is 9.86 Å². The summed E-state index contributed by atoms with van der Waals surface area (Å²) in [5, 5.41) is 10.6. The summed E-state index contributed by atoms with van der Waals surface area (Å²) in [5.74, 6) is -0.399. The van der Waals surface area contributed by atoms with Crippen LogP contribution in [-0.4, -0.2) is 52.8 Å². The predicted molar refractivity (Wildman–Crippen MR) is 83.3 cm³/mol. The molecule has 0 aliphatic heterocycles. The van der Waals surface area contributed by atoms with Gasteiger partial charge in [0.2, 0.25) is 0 Å². The van der Waals surface area contributed by atoms with Gasteiger partial charge in [-0.3, -0.25) is 14.5 Å². The van der Waals surface area contributed by atoms with Crippen LogP contribution < -0.4 is 0 Å². The number of likely N-dealkylation sites (N-methyl/N-ethyl adjacent to an activating group) is 1. The largest absolute Gasteiger partial charge is 0.465 e. The van der Waals surface area contributed by atoms with Crippen LogP contribution in [0.25, 0.3) is 0 Å². The number of nitrogens with zero attached hydrogens (tertiary/aromatic N) is 2. The van der Waals surface area contributed by atoms with Gasteiger partial charge in [0.15, 0.2) is 0 Å². The molecule has 1 atom stereocenters. The van der Waals surface area contributed by atoms with E-state index in [9.17, 15) is 14.7 Å². The number of hydroxylamine groups is 2. The molecule has 122 valence electrons. The minimum atomic E-state index is -1.13. The SMILES string of the molecule is CON(C)C(=O)C(Cc1ccccc1)N(C(=O)O)C(C)(C)C. The van der Waals surface area contributed by atoms with Crippen molar-refractivity contribution in [3.05, 3.63) is 35.9 Å². The first-order valence-electron chi connectivity index (χ1n) is 7.06. The highest BCUT2D eigenvalue weighted by molar-refractivity contribution is 5.85. The average Bonchev–Trinajstić information content (AvgIpc) is 2.44. The molecular weight excluding hydrogens is 284 g/mol. The summed E-state index contributed by atoms with van der Waals surface area (Å²) in [6, 6.07) is 8.48. The molecule has 1 rings (SSSR count). The van der Waals surface area contributed by atoms with E-state index in [-0.39, 0.29) is 6.42 Å². The second-order valence-electron chi connectivity index (χ2n) is 6.05. The van der Waals surface area contributed by atoms with E-state index in [0.717, 1.165) is 10.6 Å². The van der Waals surface area contributed by atoms with E-state index in [1.54, 1.807) is 20.8 Å². The Morgan fingerprint density at radius 1 is 1.23 bits per heavy atom. The first kappa shape index (κ1) is 18.0. The fourth-order valence-corrected chi connectivity index (χ4v) is 2.31. The Morgan fingerprint density at radius 2 is 1.77 bits per heavy atom. The maximum atomic E-state index is 12.6. The maximum absolute atomic E-state index is 12.6. The molecule has 0 saturated carbocycles. The van der Waals surface area contributed by atoms with Crippen molar-refractivity contribution in [2.75, 3.05) is 14.2 Å².